The van der Waals surface area contributed by atoms with Gasteiger partial charge in [-0.3, -0.25) is 0 Å². The zero-order valence-electron chi connectivity index (χ0n) is 8.38. The van der Waals surface area contributed by atoms with E-state index < -0.39 is 0 Å². The molecule has 2 N–H and O–H groups in total. The molecule has 0 radical (unpaired) electrons. The van der Waals surface area contributed by atoms with Gasteiger partial charge in [-0.2, -0.15) is 0 Å². The fourth-order valence-electron chi connectivity index (χ4n) is 1.31. The van der Waals surface area contributed by atoms with Crippen molar-refractivity contribution in [3.05, 3.63) is 0 Å². The molecule has 2 unspecified atom stereocenters. The summed E-state index contributed by atoms with van der Waals surface area (Å²) in [6, 6.07) is 0.596. The summed E-state index contributed by atoms with van der Waals surface area (Å²) in [7, 11) is 0. The van der Waals surface area contributed by atoms with Gasteiger partial charge in [-0.1, -0.05) is 13.8 Å². The van der Waals surface area contributed by atoms with Crippen molar-refractivity contribution < 1.29 is 5.11 Å². The Morgan fingerprint density at radius 3 is 2.33 bits per heavy atom. The summed E-state index contributed by atoms with van der Waals surface area (Å²) >= 11 is 0. The zero-order valence-corrected chi connectivity index (χ0v) is 8.38. The second kappa shape index (κ2) is 4.24. The van der Waals surface area contributed by atoms with Crippen molar-refractivity contribution in [3.63, 3.8) is 0 Å². The third-order valence-electron chi connectivity index (χ3n) is 2.75. The van der Waals surface area contributed by atoms with E-state index in [1.807, 2.05) is 13.8 Å². The second-order valence-electron chi connectivity index (χ2n) is 4.35. The van der Waals surface area contributed by atoms with E-state index in [0.717, 1.165) is 12.5 Å². The summed E-state index contributed by atoms with van der Waals surface area (Å²) in [6.07, 6.45) is 2.55. The Morgan fingerprint density at radius 1 is 1.33 bits per heavy atom. The van der Waals surface area contributed by atoms with Crippen LogP contribution in [0.25, 0.3) is 0 Å². The first-order chi connectivity index (χ1) is 5.61. The number of aliphatic hydroxyl groups is 1. The molecule has 0 amide bonds. The third kappa shape index (κ3) is 3.11. The maximum absolute atomic E-state index is 9.52. The maximum atomic E-state index is 9.52. The Labute approximate surface area is 75.4 Å². The van der Waals surface area contributed by atoms with E-state index in [0.29, 0.717) is 12.0 Å². The molecule has 0 aromatic rings. The average Bonchev–Trinajstić information content (AvgIpc) is 2.81. The van der Waals surface area contributed by atoms with Crippen molar-refractivity contribution in [3.8, 4) is 0 Å². The minimum atomic E-state index is -0.189. The molecular weight excluding hydrogens is 150 g/mol. The van der Waals surface area contributed by atoms with Gasteiger partial charge in [0, 0.05) is 12.6 Å². The number of hydrogen-bond acceptors (Lipinski definition) is 2. The first-order valence-electron chi connectivity index (χ1n) is 5.02. The van der Waals surface area contributed by atoms with Crippen molar-refractivity contribution in [1.29, 1.82) is 0 Å². The molecule has 0 aromatic carbocycles. The van der Waals surface area contributed by atoms with Gasteiger partial charge < -0.3 is 10.4 Å². The molecule has 2 nitrogen and oxygen atoms in total. The molecule has 1 fully saturated rings. The van der Waals surface area contributed by atoms with Crippen molar-refractivity contribution in [2.75, 3.05) is 6.54 Å². The van der Waals surface area contributed by atoms with Crippen LogP contribution < -0.4 is 5.32 Å². The monoisotopic (exact) mass is 171 g/mol. The second-order valence-corrected chi connectivity index (χ2v) is 4.35. The maximum Gasteiger partial charge on any atom is 0.0687 e. The van der Waals surface area contributed by atoms with Crippen molar-refractivity contribution in [2.24, 2.45) is 11.8 Å². The molecule has 1 rings (SSSR count). The molecule has 0 heterocycles. The highest BCUT2D eigenvalue weighted by Crippen LogP contribution is 2.32. The number of rotatable bonds is 5. The van der Waals surface area contributed by atoms with Gasteiger partial charge in [0.05, 0.1) is 6.10 Å². The highest BCUT2D eigenvalue weighted by molar-refractivity contribution is 4.83. The number of nitrogens with one attached hydrogen (secondary N) is 1. The van der Waals surface area contributed by atoms with Crippen LogP contribution in [0.15, 0.2) is 0 Å². The summed E-state index contributed by atoms with van der Waals surface area (Å²) in [6.45, 7) is 7.06. The Bertz CT molecular complexity index is 124. The lowest BCUT2D eigenvalue weighted by Gasteiger charge is -2.18. The van der Waals surface area contributed by atoms with E-state index in [4.69, 9.17) is 0 Å². The molecule has 1 saturated carbocycles. The van der Waals surface area contributed by atoms with Gasteiger partial charge >= 0.3 is 0 Å². The Morgan fingerprint density at radius 2 is 1.92 bits per heavy atom. The molecule has 1 aliphatic rings. The van der Waals surface area contributed by atoms with Gasteiger partial charge in [-0.25, -0.2) is 0 Å². The highest BCUT2D eigenvalue weighted by atomic mass is 16.3. The van der Waals surface area contributed by atoms with Crippen molar-refractivity contribution >= 4 is 0 Å². The van der Waals surface area contributed by atoms with Crippen LogP contribution in [0.3, 0.4) is 0 Å². The first kappa shape index (κ1) is 10.0. The lowest BCUT2D eigenvalue weighted by Crippen LogP contribution is -2.37. The normalized spacial score (nSPS) is 22.8. The van der Waals surface area contributed by atoms with Crippen LogP contribution in [0.5, 0.6) is 0 Å². The zero-order chi connectivity index (χ0) is 9.14. The van der Waals surface area contributed by atoms with Crippen LogP contribution >= 0.6 is 0 Å². The smallest absolute Gasteiger partial charge is 0.0687 e. The minimum absolute atomic E-state index is 0.189. The third-order valence-corrected chi connectivity index (χ3v) is 2.75. The van der Waals surface area contributed by atoms with Crippen LogP contribution in [0, 0.1) is 11.8 Å². The fraction of sp³-hybridized carbons (Fsp3) is 1.00. The Hall–Kier alpha value is -0.0800. The molecule has 0 spiro atoms. The first-order valence-corrected chi connectivity index (χ1v) is 5.02. The molecule has 0 aromatic heterocycles. The Kier molecular flexibility index (Phi) is 3.53. The van der Waals surface area contributed by atoms with Crippen LogP contribution in [-0.2, 0) is 0 Å². The van der Waals surface area contributed by atoms with Gasteiger partial charge in [-0.05, 0) is 31.6 Å². The standard InChI is InChI=1S/C10H21NO/c1-7(2)10(12)6-11-8(3)9-4-5-9/h7-12H,4-6H2,1-3H3. The minimum Gasteiger partial charge on any atom is -0.392 e. The molecule has 0 aliphatic heterocycles. The van der Waals surface area contributed by atoms with E-state index >= 15 is 0 Å². The SMILES string of the molecule is CC(C)C(O)CNC(C)C1CC1. The topological polar surface area (TPSA) is 32.3 Å². The number of hydrogen-bond donors (Lipinski definition) is 2. The van der Waals surface area contributed by atoms with Gasteiger partial charge in [0.2, 0.25) is 0 Å². The summed E-state index contributed by atoms with van der Waals surface area (Å²) < 4.78 is 0. The van der Waals surface area contributed by atoms with Gasteiger partial charge in [0.15, 0.2) is 0 Å². The van der Waals surface area contributed by atoms with Crippen LogP contribution in [-0.4, -0.2) is 23.8 Å². The van der Waals surface area contributed by atoms with Gasteiger partial charge in [-0.15, -0.1) is 0 Å². The number of aliphatic hydroxyl groups excluding tert-OH is 1. The van der Waals surface area contributed by atoms with Crippen molar-refractivity contribution in [1.82, 2.24) is 5.32 Å². The van der Waals surface area contributed by atoms with Crippen molar-refractivity contribution in [2.45, 2.75) is 45.8 Å². The van der Waals surface area contributed by atoms with E-state index in [1.54, 1.807) is 0 Å². The van der Waals surface area contributed by atoms with Gasteiger partial charge in [0.25, 0.3) is 0 Å². The van der Waals surface area contributed by atoms with Gasteiger partial charge in [0.1, 0.15) is 0 Å². The predicted octanol–water partition coefficient (Wildman–Crippen LogP) is 1.39. The average molecular weight is 171 g/mol. The summed E-state index contributed by atoms with van der Waals surface area (Å²) in [5.41, 5.74) is 0. The molecule has 0 saturated heterocycles. The summed E-state index contributed by atoms with van der Waals surface area (Å²) in [4.78, 5) is 0. The largest absolute Gasteiger partial charge is 0.392 e. The molecule has 72 valence electrons. The molecule has 0 bridgehead atoms. The van der Waals surface area contributed by atoms with E-state index in [2.05, 4.69) is 12.2 Å². The molecule has 1 aliphatic carbocycles. The lowest BCUT2D eigenvalue weighted by atomic mass is 10.1. The molecular formula is C10H21NO. The van der Waals surface area contributed by atoms with Crippen LogP contribution in [0.2, 0.25) is 0 Å². The Balaban J connectivity index is 2.07. The summed E-state index contributed by atoms with van der Waals surface area (Å²) in [5, 5.41) is 12.9. The lowest BCUT2D eigenvalue weighted by molar-refractivity contribution is 0.119. The van der Waals surface area contributed by atoms with E-state index in [9.17, 15) is 5.11 Å². The van der Waals surface area contributed by atoms with E-state index in [-0.39, 0.29) is 6.10 Å². The summed E-state index contributed by atoms with van der Waals surface area (Å²) in [5.74, 6) is 1.24. The van der Waals surface area contributed by atoms with Crippen LogP contribution in [0.1, 0.15) is 33.6 Å². The molecule has 12 heavy (non-hydrogen) atoms. The van der Waals surface area contributed by atoms with E-state index in [1.165, 1.54) is 12.8 Å². The fourth-order valence-corrected chi connectivity index (χ4v) is 1.31. The van der Waals surface area contributed by atoms with Crippen LogP contribution in [0.4, 0.5) is 0 Å². The quantitative estimate of drug-likeness (QED) is 0.655. The predicted molar refractivity (Wildman–Crippen MR) is 51.0 cm³/mol. The highest BCUT2D eigenvalue weighted by Gasteiger charge is 2.27. The molecule has 2 atom stereocenters. The molecule has 2 heteroatoms.